The van der Waals surface area contributed by atoms with Crippen molar-refractivity contribution in [1.82, 2.24) is 0 Å². The number of nitrogens with one attached hydrogen (secondary N) is 1. The molecule has 0 atom stereocenters. The van der Waals surface area contributed by atoms with Crippen molar-refractivity contribution in [3.05, 3.63) is 24.3 Å². The number of carbonyl (C=O) groups excluding carboxylic acids is 2. The number of nitrogens with zero attached hydrogens (tertiary/aromatic N) is 1. The maximum Gasteiger partial charge on any atom is 0.306 e. The van der Waals surface area contributed by atoms with Crippen LogP contribution in [0.3, 0.4) is 0 Å². The molecule has 0 unspecified atom stereocenters. The molecule has 1 N–H and O–H groups in total. The maximum absolute atomic E-state index is 11.6. The van der Waals surface area contributed by atoms with Crippen molar-refractivity contribution in [3.63, 3.8) is 0 Å². The van der Waals surface area contributed by atoms with E-state index in [0.29, 0.717) is 11.4 Å². The first kappa shape index (κ1) is 15.1. The number of anilines is 1. The Morgan fingerprint density at radius 2 is 2.16 bits per heavy atom. The van der Waals surface area contributed by atoms with Gasteiger partial charge in [-0.05, 0) is 12.1 Å². The van der Waals surface area contributed by atoms with Gasteiger partial charge in [0.1, 0.15) is 0 Å². The summed E-state index contributed by atoms with van der Waals surface area (Å²) in [5.41, 5.74) is 0.611. The van der Waals surface area contributed by atoms with Crippen LogP contribution >= 0.6 is 11.8 Å². The number of nitriles is 1. The Morgan fingerprint density at radius 3 is 2.84 bits per heavy atom. The van der Waals surface area contributed by atoms with Gasteiger partial charge in [0.15, 0.2) is 6.61 Å². The molecule has 5 nitrogen and oxygen atoms in total. The number of esters is 1. The fourth-order valence-electron chi connectivity index (χ4n) is 1.24. The first-order chi connectivity index (χ1) is 9.17. The number of ether oxygens (including phenoxy) is 1. The van der Waals surface area contributed by atoms with Crippen molar-refractivity contribution in [2.24, 2.45) is 0 Å². The van der Waals surface area contributed by atoms with Crippen molar-refractivity contribution in [1.29, 1.82) is 5.26 Å². The molecule has 0 aromatic heterocycles. The average molecular weight is 278 g/mol. The van der Waals surface area contributed by atoms with Crippen molar-refractivity contribution >= 4 is 29.3 Å². The molecule has 6 heteroatoms. The third-order valence-electron chi connectivity index (χ3n) is 2.11. The summed E-state index contributed by atoms with van der Waals surface area (Å²) in [5.74, 6) is -0.508. The molecule has 0 heterocycles. The van der Waals surface area contributed by atoms with Crippen LogP contribution in [-0.2, 0) is 14.3 Å². The Kier molecular flexibility index (Phi) is 6.47. The van der Waals surface area contributed by atoms with E-state index in [0.717, 1.165) is 4.90 Å². The molecule has 100 valence electrons. The normalized spacial score (nSPS) is 9.47. The van der Waals surface area contributed by atoms with E-state index in [1.54, 1.807) is 19.1 Å². The lowest BCUT2D eigenvalue weighted by molar-refractivity contribution is -0.146. The predicted molar refractivity (Wildman–Crippen MR) is 72.7 cm³/mol. The van der Waals surface area contributed by atoms with Crippen molar-refractivity contribution in [3.8, 4) is 6.07 Å². The number of hydrogen-bond donors (Lipinski definition) is 1. The summed E-state index contributed by atoms with van der Waals surface area (Å²) in [6.45, 7) is 1.36. The minimum atomic E-state index is -0.415. The molecule has 1 rings (SSSR count). The first-order valence-electron chi connectivity index (χ1n) is 5.71. The fourth-order valence-corrected chi connectivity index (χ4v) is 1.91. The van der Waals surface area contributed by atoms with Crippen LogP contribution in [0.1, 0.15) is 13.3 Å². The lowest BCUT2D eigenvalue weighted by Crippen LogP contribution is -2.20. The number of rotatable bonds is 6. The van der Waals surface area contributed by atoms with Gasteiger partial charge < -0.3 is 10.1 Å². The zero-order chi connectivity index (χ0) is 14.1. The van der Waals surface area contributed by atoms with Gasteiger partial charge in [-0.3, -0.25) is 9.59 Å². The summed E-state index contributed by atoms with van der Waals surface area (Å²) in [4.78, 5) is 23.3. The zero-order valence-corrected chi connectivity index (χ0v) is 11.3. The predicted octanol–water partition coefficient (Wildman–Crippen LogP) is 2.19. The second kappa shape index (κ2) is 8.16. The van der Waals surface area contributed by atoms with E-state index in [1.165, 1.54) is 11.8 Å². The molecule has 0 radical (unpaired) electrons. The minimum Gasteiger partial charge on any atom is -0.456 e. The minimum absolute atomic E-state index is 0.238. The molecular formula is C13H14N2O3S. The second-order valence-electron chi connectivity index (χ2n) is 3.51. The molecule has 1 aromatic rings. The van der Waals surface area contributed by atoms with Crippen LogP contribution in [0.25, 0.3) is 0 Å². The number of amides is 1. The van der Waals surface area contributed by atoms with Gasteiger partial charge in [-0.1, -0.05) is 19.1 Å². The average Bonchev–Trinajstić information content (AvgIpc) is 2.43. The molecule has 19 heavy (non-hydrogen) atoms. The van der Waals surface area contributed by atoms with Crippen LogP contribution in [0.15, 0.2) is 29.2 Å². The molecule has 1 aromatic carbocycles. The van der Waals surface area contributed by atoms with Gasteiger partial charge in [-0.2, -0.15) is 5.26 Å². The molecule has 0 saturated heterocycles. The Hall–Kier alpha value is -2.00. The van der Waals surface area contributed by atoms with Gasteiger partial charge in [0.25, 0.3) is 5.91 Å². The fraction of sp³-hybridized carbons (Fsp3) is 0.308. The quantitative estimate of drug-likeness (QED) is 0.637. The van der Waals surface area contributed by atoms with E-state index < -0.39 is 11.9 Å². The van der Waals surface area contributed by atoms with E-state index in [2.05, 4.69) is 5.32 Å². The molecule has 0 saturated carbocycles. The molecule has 0 fully saturated rings. The third kappa shape index (κ3) is 5.44. The standard InChI is InChI=1S/C13H14N2O3S/c1-2-13(17)18-9-12(16)15-10-5-3-4-6-11(10)19-8-7-14/h3-6H,2,8-9H2,1H3,(H,15,16). The monoisotopic (exact) mass is 278 g/mol. The highest BCUT2D eigenvalue weighted by molar-refractivity contribution is 7.99. The number of benzene rings is 1. The van der Waals surface area contributed by atoms with Crippen molar-refractivity contribution in [2.45, 2.75) is 18.2 Å². The van der Waals surface area contributed by atoms with Crippen LogP contribution in [0, 0.1) is 11.3 Å². The lowest BCUT2D eigenvalue weighted by Gasteiger charge is -2.09. The second-order valence-corrected chi connectivity index (χ2v) is 4.52. The first-order valence-corrected chi connectivity index (χ1v) is 6.70. The Morgan fingerprint density at radius 1 is 1.42 bits per heavy atom. The van der Waals surface area contributed by atoms with Gasteiger partial charge in [0.2, 0.25) is 0 Å². The molecule has 0 spiro atoms. The SMILES string of the molecule is CCC(=O)OCC(=O)Nc1ccccc1SCC#N. The highest BCUT2D eigenvalue weighted by Gasteiger charge is 2.09. The smallest absolute Gasteiger partial charge is 0.306 e. The number of carbonyl (C=O) groups is 2. The molecule has 1 amide bonds. The zero-order valence-electron chi connectivity index (χ0n) is 10.5. The summed E-state index contributed by atoms with van der Waals surface area (Å²) in [6.07, 6.45) is 0.238. The van der Waals surface area contributed by atoms with E-state index in [9.17, 15) is 9.59 Å². The van der Waals surface area contributed by atoms with Crippen LogP contribution < -0.4 is 5.32 Å². The third-order valence-corrected chi connectivity index (χ3v) is 3.05. The van der Waals surface area contributed by atoms with E-state index in [-0.39, 0.29) is 13.0 Å². The van der Waals surface area contributed by atoms with Crippen LogP contribution in [0.4, 0.5) is 5.69 Å². The molecular weight excluding hydrogens is 264 g/mol. The molecule has 0 aliphatic rings. The Balaban J connectivity index is 2.58. The van der Waals surface area contributed by atoms with E-state index >= 15 is 0 Å². The number of para-hydroxylation sites is 1. The summed E-state index contributed by atoms with van der Waals surface area (Å²) in [6, 6.07) is 9.18. The van der Waals surface area contributed by atoms with Gasteiger partial charge in [-0.25, -0.2) is 0 Å². The summed E-state index contributed by atoms with van der Waals surface area (Å²) in [7, 11) is 0. The number of thioether (sulfide) groups is 1. The number of hydrogen-bond acceptors (Lipinski definition) is 5. The van der Waals surface area contributed by atoms with Crippen LogP contribution in [0.2, 0.25) is 0 Å². The van der Waals surface area contributed by atoms with Crippen LogP contribution in [-0.4, -0.2) is 24.2 Å². The molecule has 0 bridgehead atoms. The Labute approximate surface area is 115 Å². The van der Waals surface area contributed by atoms with E-state index in [4.69, 9.17) is 10.00 Å². The van der Waals surface area contributed by atoms with Gasteiger partial charge in [-0.15, -0.1) is 11.8 Å². The van der Waals surface area contributed by atoms with Gasteiger partial charge >= 0.3 is 5.97 Å². The largest absolute Gasteiger partial charge is 0.456 e. The van der Waals surface area contributed by atoms with Gasteiger partial charge in [0, 0.05) is 11.3 Å². The molecule has 0 aliphatic heterocycles. The molecule has 0 aliphatic carbocycles. The lowest BCUT2D eigenvalue weighted by atomic mass is 10.3. The maximum atomic E-state index is 11.6. The van der Waals surface area contributed by atoms with Crippen molar-refractivity contribution < 1.29 is 14.3 Å². The topological polar surface area (TPSA) is 79.2 Å². The summed E-state index contributed by atoms with van der Waals surface area (Å²) >= 11 is 1.33. The highest BCUT2D eigenvalue weighted by Crippen LogP contribution is 2.26. The van der Waals surface area contributed by atoms with Crippen LogP contribution in [0.5, 0.6) is 0 Å². The summed E-state index contributed by atoms with van der Waals surface area (Å²) in [5, 5.41) is 11.2. The van der Waals surface area contributed by atoms with Gasteiger partial charge in [0.05, 0.1) is 17.5 Å². The Bertz CT molecular complexity index is 497. The summed E-state index contributed by atoms with van der Waals surface area (Å²) < 4.78 is 4.74. The van der Waals surface area contributed by atoms with E-state index in [1.807, 2.05) is 18.2 Å². The highest BCUT2D eigenvalue weighted by atomic mass is 32.2. The van der Waals surface area contributed by atoms with Crippen molar-refractivity contribution in [2.75, 3.05) is 17.7 Å².